The molecule has 0 spiro atoms. The molecule has 0 saturated heterocycles. The number of pyridine rings is 1. The van der Waals surface area contributed by atoms with Gasteiger partial charge >= 0.3 is 6.09 Å². The Morgan fingerprint density at radius 3 is 2.50 bits per heavy atom. The average molecular weight is 414 g/mol. The predicted molar refractivity (Wildman–Crippen MR) is 122 cm³/mol. The first kappa shape index (κ1) is 23.7. The summed E-state index contributed by atoms with van der Waals surface area (Å²) >= 11 is 0. The number of carbonyl (C=O) groups is 1. The van der Waals surface area contributed by atoms with Crippen molar-refractivity contribution in [2.45, 2.75) is 40.7 Å². The van der Waals surface area contributed by atoms with Crippen molar-refractivity contribution in [1.29, 1.82) is 0 Å². The molecule has 0 aliphatic carbocycles. The lowest BCUT2D eigenvalue weighted by Gasteiger charge is -2.27. The maximum absolute atomic E-state index is 11.5. The molecule has 0 bridgehead atoms. The lowest BCUT2D eigenvalue weighted by Crippen LogP contribution is -2.24. The summed E-state index contributed by atoms with van der Waals surface area (Å²) < 4.78 is 10.9. The van der Waals surface area contributed by atoms with Crippen LogP contribution in [0.2, 0.25) is 0 Å². The molecule has 1 heterocycles. The van der Waals surface area contributed by atoms with Crippen LogP contribution < -0.4 is 10.1 Å². The van der Waals surface area contributed by atoms with Gasteiger partial charge in [0.1, 0.15) is 11.6 Å². The van der Waals surface area contributed by atoms with Gasteiger partial charge < -0.3 is 14.4 Å². The van der Waals surface area contributed by atoms with Gasteiger partial charge in [0.05, 0.1) is 13.7 Å². The number of amides is 1. The molecular formula is C24H35N3O3. The van der Waals surface area contributed by atoms with Gasteiger partial charge in [-0.15, -0.1) is 0 Å². The molecule has 0 radical (unpaired) electrons. The fourth-order valence-corrected chi connectivity index (χ4v) is 3.64. The molecule has 1 aromatic carbocycles. The van der Waals surface area contributed by atoms with Gasteiger partial charge in [-0.2, -0.15) is 0 Å². The molecule has 164 valence electrons. The Morgan fingerprint density at radius 1 is 1.17 bits per heavy atom. The molecular weight excluding hydrogens is 378 g/mol. The summed E-state index contributed by atoms with van der Waals surface area (Å²) in [4.78, 5) is 17.8. The van der Waals surface area contributed by atoms with E-state index in [9.17, 15) is 4.79 Å². The minimum absolute atomic E-state index is 0.113. The number of anilines is 1. The highest BCUT2D eigenvalue weighted by Crippen LogP contribution is 2.31. The fraction of sp³-hybridized carbons (Fsp3) is 0.500. The molecule has 6 heteroatoms. The summed E-state index contributed by atoms with van der Waals surface area (Å²) in [5.41, 5.74) is 3.23. The van der Waals surface area contributed by atoms with Crippen molar-refractivity contribution in [3.05, 3.63) is 42.1 Å². The van der Waals surface area contributed by atoms with Crippen LogP contribution in [-0.2, 0) is 11.3 Å². The van der Waals surface area contributed by atoms with Crippen LogP contribution in [0.25, 0.3) is 11.1 Å². The van der Waals surface area contributed by atoms with Crippen molar-refractivity contribution >= 4 is 11.9 Å². The Balaban J connectivity index is 2.27. The van der Waals surface area contributed by atoms with Gasteiger partial charge in [-0.05, 0) is 67.2 Å². The molecule has 1 aromatic heterocycles. The first-order valence-corrected chi connectivity index (χ1v) is 10.3. The summed E-state index contributed by atoms with van der Waals surface area (Å²) in [6.07, 6.45) is 2.24. The molecule has 0 fully saturated rings. The molecule has 0 unspecified atom stereocenters. The average Bonchev–Trinajstić information content (AvgIpc) is 2.65. The van der Waals surface area contributed by atoms with Crippen molar-refractivity contribution in [1.82, 2.24) is 9.88 Å². The Hall–Kier alpha value is -2.60. The third kappa shape index (κ3) is 7.34. The lowest BCUT2D eigenvalue weighted by atomic mass is 9.85. The van der Waals surface area contributed by atoms with Gasteiger partial charge in [0.25, 0.3) is 0 Å². The quantitative estimate of drug-likeness (QED) is 0.593. The highest BCUT2D eigenvalue weighted by molar-refractivity contribution is 5.84. The first-order valence-electron chi connectivity index (χ1n) is 10.3. The summed E-state index contributed by atoms with van der Waals surface area (Å²) in [5, 5.41) is 2.61. The van der Waals surface area contributed by atoms with Crippen molar-refractivity contribution in [2.24, 2.45) is 11.3 Å². The molecule has 0 saturated carbocycles. The highest BCUT2D eigenvalue weighted by Gasteiger charge is 2.21. The Bertz CT molecular complexity index is 847. The van der Waals surface area contributed by atoms with Crippen molar-refractivity contribution in [3.8, 4) is 16.9 Å². The second-order valence-corrected chi connectivity index (χ2v) is 9.16. The molecule has 6 nitrogen and oxygen atoms in total. The number of nitrogens with one attached hydrogen (secondary N) is 1. The second kappa shape index (κ2) is 10.4. The van der Waals surface area contributed by atoms with E-state index in [4.69, 9.17) is 4.74 Å². The van der Waals surface area contributed by atoms with E-state index in [0.29, 0.717) is 18.3 Å². The number of hydrogen-bond donors (Lipinski definition) is 1. The molecule has 30 heavy (non-hydrogen) atoms. The van der Waals surface area contributed by atoms with Gasteiger partial charge in [0.2, 0.25) is 0 Å². The molecule has 0 atom stereocenters. The number of benzene rings is 1. The zero-order chi connectivity index (χ0) is 22.3. The maximum atomic E-state index is 11.5. The number of ether oxygens (including phenoxy) is 2. The number of hydrogen-bond acceptors (Lipinski definition) is 5. The molecule has 1 amide bonds. The molecule has 0 aliphatic heterocycles. The number of rotatable bonds is 9. The number of nitrogens with zero attached hydrogens (tertiary/aromatic N) is 2. The molecule has 0 aliphatic rings. The fourth-order valence-electron chi connectivity index (χ4n) is 3.64. The molecule has 2 rings (SSSR count). The van der Waals surface area contributed by atoms with Gasteiger partial charge in [-0.25, -0.2) is 9.78 Å². The van der Waals surface area contributed by atoms with E-state index in [1.54, 1.807) is 6.20 Å². The molecule has 1 N–H and O–H groups in total. The van der Waals surface area contributed by atoms with Crippen LogP contribution in [0.1, 0.15) is 39.7 Å². The third-order valence-corrected chi connectivity index (χ3v) is 4.64. The van der Waals surface area contributed by atoms with E-state index in [0.717, 1.165) is 35.4 Å². The Labute approximate surface area is 180 Å². The van der Waals surface area contributed by atoms with Crippen molar-refractivity contribution in [3.63, 3.8) is 0 Å². The van der Waals surface area contributed by atoms with Gasteiger partial charge in [0.15, 0.2) is 0 Å². The smallest absolute Gasteiger partial charge is 0.412 e. The second-order valence-electron chi connectivity index (χ2n) is 9.16. The van der Waals surface area contributed by atoms with E-state index >= 15 is 0 Å². The number of aromatic nitrogens is 1. The van der Waals surface area contributed by atoms with Crippen LogP contribution in [0, 0.1) is 11.3 Å². The largest absolute Gasteiger partial charge is 0.493 e. The van der Waals surface area contributed by atoms with Gasteiger partial charge in [-0.1, -0.05) is 33.8 Å². The minimum atomic E-state index is -0.541. The number of carbonyl (C=O) groups excluding carboxylic acids is 1. The van der Waals surface area contributed by atoms with Crippen LogP contribution in [0.4, 0.5) is 10.6 Å². The van der Waals surface area contributed by atoms with Crippen molar-refractivity contribution < 1.29 is 14.3 Å². The summed E-state index contributed by atoms with van der Waals surface area (Å²) in [5.74, 6) is 1.99. The lowest BCUT2D eigenvalue weighted by molar-refractivity contribution is 0.152. The van der Waals surface area contributed by atoms with E-state index < -0.39 is 6.09 Å². The minimum Gasteiger partial charge on any atom is -0.493 e. The highest BCUT2D eigenvalue weighted by atomic mass is 16.5. The van der Waals surface area contributed by atoms with E-state index in [1.807, 2.05) is 38.4 Å². The standard InChI is InChI=1S/C24H35N3O3/c1-17(2)14-24(3,4)16-30-21-9-8-18(12-20(21)15-27(5)6)19-10-11-25-22(13-19)26-23(28)29-7/h8-13,17H,14-16H2,1-7H3,(H,25,26,28). The van der Waals surface area contributed by atoms with Crippen LogP contribution in [0.15, 0.2) is 36.5 Å². The number of methoxy groups -OCH3 is 1. The maximum Gasteiger partial charge on any atom is 0.412 e. The molecule has 2 aromatic rings. The van der Waals surface area contributed by atoms with Crippen LogP contribution in [-0.4, -0.2) is 43.8 Å². The van der Waals surface area contributed by atoms with Gasteiger partial charge in [0, 0.05) is 18.3 Å². The van der Waals surface area contributed by atoms with E-state index in [2.05, 4.69) is 53.7 Å². The summed E-state index contributed by atoms with van der Waals surface area (Å²) in [7, 11) is 5.42. The Morgan fingerprint density at radius 2 is 1.87 bits per heavy atom. The normalized spacial score (nSPS) is 11.6. The van der Waals surface area contributed by atoms with Crippen LogP contribution in [0.5, 0.6) is 5.75 Å². The first-order chi connectivity index (χ1) is 14.1. The SMILES string of the molecule is COC(=O)Nc1cc(-c2ccc(OCC(C)(C)CC(C)C)c(CN(C)C)c2)ccn1. The van der Waals surface area contributed by atoms with Crippen molar-refractivity contribution in [2.75, 3.05) is 33.1 Å². The monoisotopic (exact) mass is 413 g/mol. The Kier molecular flexibility index (Phi) is 8.24. The summed E-state index contributed by atoms with van der Waals surface area (Å²) in [6, 6.07) is 9.97. The van der Waals surface area contributed by atoms with E-state index in [-0.39, 0.29) is 5.41 Å². The van der Waals surface area contributed by atoms with Crippen LogP contribution >= 0.6 is 0 Å². The zero-order valence-corrected chi connectivity index (χ0v) is 19.3. The summed E-state index contributed by atoms with van der Waals surface area (Å²) in [6.45, 7) is 10.4. The topological polar surface area (TPSA) is 63.7 Å². The van der Waals surface area contributed by atoms with Gasteiger partial charge in [-0.3, -0.25) is 5.32 Å². The third-order valence-electron chi connectivity index (χ3n) is 4.64. The van der Waals surface area contributed by atoms with Crippen LogP contribution in [0.3, 0.4) is 0 Å². The predicted octanol–water partition coefficient (Wildman–Crippen LogP) is 5.44. The van der Waals surface area contributed by atoms with E-state index in [1.165, 1.54) is 7.11 Å². The zero-order valence-electron chi connectivity index (χ0n) is 19.3.